The van der Waals surface area contributed by atoms with Gasteiger partial charge in [0.15, 0.2) is 0 Å². The number of carbonyl (C=O) groups excluding carboxylic acids is 3. The zero-order valence-electron chi connectivity index (χ0n) is 15.3. The molecule has 1 heterocycles. The van der Waals surface area contributed by atoms with Gasteiger partial charge in [0.1, 0.15) is 5.75 Å². The number of carbonyl (C=O) groups is 3. The fraction of sp³-hybridized carbons (Fsp3) is 0.286. The summed E-state index contributed by atoms with van der Waals surface area (Å²) in [6.45, 7) is 2.13. The number of benzene rings is 2. The topological polar surface area (TPSA) is 72.9 Å². The van der Waals surface area contributed by atoms with E-state index in [1.165, 1.54) is 4.90 Å². The third-order valence-corrected chi connectivity index (χ3v) is 4.59. The Kier molecular flexibility index (Phi) is 5.54. The normalized spacial score (nSPS) is 14.1. The zero-order valence-corrected chi connectivity index (χ0v) is 15.3. The molecule has 1 unspecified atom stereocenters. The second kappa shape index (κ2) is 8.03. The number of rotatable bonds is 7. The number of methoxy groups -OCH3 is 1. The Morgan fingerprint density at radius 1 is 1.00 bits per heavy atom. The molecule has 0 aromatic heterocycles. The van der Waals surface area contributed by atoms with Crippen LogP contribution in [-0.4, -0.2) is 42.9 Å². The van der Waals surface area contributed by atoms with Crippen LogP contribution in [0.2, 0.25) is 0 Å². The molecule has 0 saturated heterocycles. The average molecular weight is 367 g/mol. The van der Waals surface area contributed by atoms with Crippen molar-refractivity contribution in [3.8, 4) is 5.75 Å². The van der Waals surface area contributed by atoms with Crippen molar-refractivity contribution in [2.45, 2.75) is 19.3 Å². The smallest absolute Gasteiger partial charge is 0.306 e. The van der Waals surface area contributed by atoms with Crippen LogP contribution in [0.5, 0.6) is 5.75 Å². The molecule has 3 rings (SSSR count). The summed E-state index contributed by atoms with van der Waals surface area (Å²) < 4.78 is 10.2. The van der Waals surface area contributed by atoms with E-state index in [0.29, 0.717) is 16.9 Å². The van der Waals surface area contributed by atoms with E-state index in [9.17, 15) is 14.4 Å². The minimum Gasteiger partial charge on any atom is -0.497 e. The van der Waals surface area contributed by atoms with Crippen molar-refractivity contribution in [3.05, 3.63) is 65.2 Å². The van der Waals surface area contributed by atoms with Gasteiger partial charge in [0.25, 0.3) is 11.8 Å². The largest absolute Gasteiger partial charge is 0.497 e. The first-order valence-electron chi connectivity index (χ1n) is 8.80. The number of hydrogen-bond acceptors (Lipinski definition) is 5. The summed E-state index contributed by atoms with van der Waals surface area (Å²) in [5.41, 5.74) is 1.62. The second-order valence-electron chi connectivity index (χ2n) is 6.25. The fourth-order valence-electron chi connectivity index (χ4n) is 3.21. The predicted molar refractivity (Wildman–Crippen MR) is 98.8 cm³/mol. The first kappa shape index (κ1) is 18.6. The van der Waals surface area contributed by atoms with E-state index in [0.717, 1.165) is 5.56 Å². The van der Waals surface area contributed by atoms with Gasteiger partial charge in [-0.3, -0.25) is 19.3 Å². The summed E-state index contributed by atoms with van der Waals surface area (Å²) >= 11 is 0. The van der Waals surface area contributed by atoms with E-state index in [1.54, 1.807) is 50.4 Å². The quantitative estimate of drug-likeness (QED) is 0.556. The van der Waals surface area contributed by atoms with Crippen LogP contribution in [-0.2, 0) is 9.53 Å². The monoisotopic (exact) mass is 367 g/mol. The first-order valence-corrected chi connectivity index (χ1v) is 8.80. The third-order valence-electron chi connectivity index (χ3n) is 4.59. The van der Waals surface area contributed by atoms with Crippen LogP contribution < -0.4 is 4.74 Å². The number of esters is 1. The molecule has 0 fully saturated rings. The number of fused-ring (bicyclic) bond motifs is 1. The van der Waals surface area contributed by atoms with Gasteiger partial charge in [0.05, 0.1) is 31.3 Å². The van der Waals surface area contributed by atoms with Gasteiger partial charge in [-0.1, -0.05) is 24.3 Å². The predicted octanol–water partition coefficient (Wildman–Crippen LogP) is 3.03. The second-order valence-corrected chi connectivity index (χ2v) is 6.25. The summed E-state index contributed by atoms with van der Waals surface area (Å²) in [5.74, 6) is -0.711. The van der Waals surface area contributed by atoms with Crippen LogP contribution in [0.25, 0.3) is 0 Å². The van der Waals surface area contributed by atoms with Gasteiger partial charge in [-0.25, -0.2) is 0 Å². The van der Waals surface area contributed by atoms with E-state index >= 15 is 0 Å². The molecule has 27 heavy (non-hydrogen) atoms. The highest BCUT2D eigenvalue weighted by Crippen LogP contribution is 2.29. The van der Waals surface area contributed by atoms with Gasteiger partial charge in [-0.2, -0.15) is 0 Å². The molecule has 2 amide bonds. The Bertz CT molecular complexity index is 824. The number of hydrogen-bond donors (Lipinski definition) is 0. The molecule has 6 heteroatoms. The number of nitrogens with zero attached hydrogens (tertiary/aromatic N) is 1. The molecule has 1 aliphatic rings. The Labute approximate surface area is 157 Å². The van der Waals surface area contributed by atoms with E-state index in [4.69, 9.17) is 9.47 Å². The highest BCUT2D eigenvalue weighted by Gasteiger charge is 2.37. The SMILES string of the molecule is CCOC(=O)CC(CN1C(=O)c2ccccc2C1=O)c1ccc(OC)cc1. The number of ether oxygens (including phenoxy) is 2. The lowest BCUT2D eigenvalue weighted by molar-refractivity contribution is -0.143. The van der Waals surface area contributed by atoms with Crippen molar-refractivity contribution in [2.24, 2.45) is 0 Å². The summed E-state index contributed by atoms with van der Waals surface area (Å²) in [6, 6.07) is 14.0. The zero-order chi connectivity index (χ0) is 19.4. The van der Waals surface area contributed by atoms with Crippen LogP contribution in [0.1, 0.15) is 45.5 Å². The molecule has 0 bridgehead atoms. The van der Waals surface area contributed by atoms with Crippen molar-refractivity contribution in [1.82, 2.24) is 4.90 Å². The standard InChI is InChI=1S/C21H21NO5/c1-3-27-19(23)12-15(14-8-10-16(26-2)11-9-14)13-22-20(24)17-6-4-5-7-18(17)21(22)25/h4-11,15H,3,12-13H2,1-2H3. The Balaban J connectivity index is 1.86. The highest BCUT2D eigenvalue weighted by atomic mass is 16.5. The average Bonchev–Trinajstić information content (AvgIpc) is 2.93. The highest BCUT2D eigenvalue weighted by molar-refractivity contribution is 6.21. The van der Waals surface area contributed by atoms with Gasteiger partial charge in [-0.05, 0) is 36.8 Å². The summed E-state index contributed by atoms with van der Waals surface area (Å²) in [6.07, 6.45) is 0.0770. The number of imide groups is 1. The summed E-state index contributed by atoms with van der Waals surface area (Å²) in [4.78, 5) is 38.6. The Hall–Kier alpha value is -3.15. The summed E-state index contributed by atoms with van der Waals surface area (Å²) in [7, 11) is 1.57. The molecular weight excluding hydrogens is 346 g/mol. The fourth-order valence-corrected chi connectivity index (χ4v) is 3.21. The molecule has 0 saturated carbocycles. The molecule has 0 N–H and O–H groups in total. The van der Waals surface area contributed by atoms with E-state index in [-0.39, 0.29) is 43.3 Å². The maximum absolute atomic E-state index is 12.7. The van der Waals surface area contributed by atoms with Crippen LogP contribution in [0, 0.1) is 0 Å². The molecule has 1 aliphatic heterocycles. The van der Waals surface area contributed by atoms with E-state index in [1.807, 2.05) is 12.1 Å². The molecule has 2 aromatic carbocycles. The Morgan fingerprint density at radius 3 is 2.11 bits per heavy atom. The molecule has 0 spiro atoms. The van der Waals surface area contributed by atoms with Crippen molar-refractivity contribution in [1.29, 1.82) is 0 Å². The van der Waals surface area contributed by atoms with E-state index in [2.05, 4.69) is 0 Å². The molecule has 140 valence electrons. The lowest BCUT2D eigenvalue weighted by atomic mass is 9.95. The molecule has 2 aromatic rings. The molecule has 0 radical (unpaired) electrons. The maximum atomic E-state index is 12.7. The number of amides is 2. The van der Waals surface area contributed by atoms with Crippen molar-refractivity contribution in [2.75, 3.05) is 20.3 Å². The third kappa shape index (κ3) is 3.84. The van der Waals surface area contributed by atoms with Crippen LogP contribution >= 0.6 is 0 Å². The lowest BCUT2D eigenvalue weighted by Crippen LogP contribution is -2.34. The van der Waals surface area contributed by atoms with E-state index < -0.39 is 0 Å². The van der Waals surface area contributed by atoms with Crippen molar-refractivity contribution in [3.63, 3.8) is 0 Å². The van der Waals surface area contributed by atoms with Gasteiger partial charge in [0, 0.05) is 12.5 Å². The molecular formula is C21H21NO5. The van der Waals surface area contributed by atoms with Gasteiger partial charge < -0.3 is 9.47 Å². The minimum atomic E-state index is -0.366. The molecule has 1 atom stereocenters. The van der Waals surface area contributed by atoms with Crippen molar-refractivity contribution < 1.29 is 23.9 Å². The van der Waals surface area contributed by atoms with Crippen LogP contribution in [0.4, 0.5) is 0 Å². The lowest BCUT2D eigenvalue weighted by Gasteiger charge is -2.22. The van der Waals surface area contributed by atoms with Crippen LogP contribution in [0.3, 0.4) is 0 Å². The minimum absolute atomic E-state index is 0.0770. The Morgan fingerprint density at radius 2 is 1.59 bits per heavy atom. The van der Waals surface area contributed by atoms with Gasteiger partial charge in [0.2, 0.25) is 0 Å². The summed E-state index contributed by atoms with van der Waals surface area (Å²) in [5, 5.41) is 0. The first-order chi connectivity index (χ1) is 13.0. The van der Waals surface area contributed by atoms with Crippen molar-refractivity contribution >= 4 is 17.8 Å². The molecule has 0 aliphatic carbocycles. The van der Waals surface area contributed by atoms with Gasteiger partial charge in [-0.15, -0.1) is 0 Å². The maximum Gasteiger partial charge on any atom is 0.306 e. The molecule has 6 nitrogen and oxygen atoms in total. The van der Waals surface area contributed by atoms with Gasteiger partial charge >= 0.3 is 5.97 Å². The van der Waals surface area contributed by atoms with Crippen LogP contribution in [0.15, 0.2) is 48.5 Å².